The zero-order valence-electron chi connectivity index (χ0n) is 8.13. The molecule has 1 aliphatic rings. The molecule has 3 rings (SSSR count). The van der Waals surface area contributed by atoms with Gasteiger partial charge in [-0.15, -0.1) is 0 Å². The van der Waals surface area contributed by atoms with E-state index in [-0.39, 0.29) is 6.10 Å². The first-order valence-electron chi connectivity index (χ1n) is 4.93. The molecule has 3 nitrogen and oxygen atoms in total. The standard InChI is InChI=1S/C12H10N2O/c1-4-13-5-2-9(1)12-7-10-8-14-6-3-11(10)15-12/h1-6,8,12H,7H2. The molecule has 1 atom stereocenters. The summed E-state index contributed by atoms with van der Waals surface area (Å²) in [6.07, 6.45) is 8.23. The van der Waals surface area contributed by atoms with Gasteiger partial charge in [0, 0.05) is 36.8 Å². The van der Waals surface area contributed by atoms with Gasteiger partial charge in [0.1, 0.15) is 11.9 Å². The number of nitrogens with zero attached hydrogens (tertiary/aromatic N) is 2. The summed E-state index contributed by atoms with van der Waals surface area (Å²) in [5.41, 5.74) is 2.35. The monoisotopic (exact) mass is 198 g/mol. The lowest BCUT2D eigenvalue weighted by atomic mass is 10.1. The molecule has 3 heterocycles. The van der Waals surface area contributed by atoms with E-state index < -0.39 is 0 Å². The highest BCUT2D eigenvalue weighted by Crippen LogP contribution is 2.35. The maximum atomic E-state index is 5.83. The van der Waals surface area contributed by atoms with Crippen molar-refractivity contribution in [1.82, 2.24) is 9.97 Å². The smallest absolute Gasteiger partial charge is 0.128 e. The third-order valence-corrected chi connectivity index (χ3v) is 2.61. The van der Waals surface area contributed by atoms with E-state index in [1.165, 1.54) is 11.1 Å². The van der Waals surface area contributed by atoms with Crippen LogP contribution in [-0.4, -0.2) is 9.97 Å². The SMILES string of the molecule is c1cc(C2Cc3cnccc3O2)ccn1. The minimum absolute atomic E-state index is 0.118. The van der Waals surface area contributed by atoms with Crippen molar-refractivity contribution in [2.45, 2.75) is 12.5 Å². The average Bonchev–Trinajstić information content (AvgIpc) is 2.74. The van der Waals surface area contributed by atoms with Crippen LogP contribution in [0.3, 0.4) is 0 Å². The Balaban J connectivity index is 1.91. The molecule has 15 heavy (non-hydrogen) atoms. The van der Waals surface area contributed by atoms with Gasteiger partial charge in [-0.2, -0.15) is 0 Å². The van der Waals surface area contributed by atoms with Crippen molar-refractivity contribution in [3.05, 3.63) is 54.1 Å². The number of hydrogen-bond acceptors (Lipinski definition) is 3. The number of pyridine rings is 2. The van der Waals surface area contributed by atoms with E-state index in [2.05, 4.69) is 9.97 Å². The van der Waals surface area contributed by atoms with E-state index in [1.807, 2.05) is 24.4 Å². The molecule has 0 radical (unpaired) electrons. The van der Waals surface area contributed by atoms with Crippen LogP contribution in [0.4, 0.5) is 0 Å². The van der Waals surface area contributed by atoms with E-state index in [0.29, 0.717) is 0 Å². The fourth-order valence-corrected chi connectivity index (χ4v) is 1.84. The van der Waals surface area contributed by atoms with E-state index in [4.69, 9.17) is 4.74 Å². The molecule has 1 aliphatic heterocycles. The third-order valence-electron chi connectivity index (χ3n) is 2.61. The van der Waals surface area contributed by atoms with E-state index >= 15 is 0 Å². The third kappa shape index (κ3) is 1.46. The second kappa shape index (κ2) is 3.35. The van der Waals surface area contributed by atoms with Crippen LogP contribution in [0.25, 0.3) is 0 Å². The molecule has 2 aromatic heterocycles. The van der Waals surface area contributed by atoms with Crippen molar-refractivity contribution in [2.75, 3.05) is 0 Å². The van der Waals surface area contributed by atoms with Gasteiger partial charge in [0.15, 0.2) is 0 Å². The molecular formula is C12H10N2O. The van der Waals surface area contributed by atoms with Gasteiger partial charge >= 0.3 is 0 Å². The fourth-order valence-electron chi connectivity index (χ4n) is 1.84. The van der Waals surface area contributed by atoms with Crippen molar-refractivity contribution in [2.24, 2.45) is 0 Å². The molecule has 0 fully saturated rings. The van der Waals surface area contributed by atoms with Crippen LogP contribution in [0, 0.1) is 0 Å². The molecule has 2 aromatic rings. The summed E-state index contributed by atoms with van der Waals surface area (Å²) in [5, 5.41) is 0. The Bertz CT molecular complexity index is 445. The van der Waals surface area contributed by atoms with Crippen molar-refractivity contribution < 1.29 is 4.74 Å². The minimum atomic E-state index is 0.118. The first-order chi connectivity index (χ1) is 7.43. The molecule has 0 aliphatic carbocycles. The Hall–Kier alpha value is -1.90. The maximum Gasteiger partial charge on any atom is 0.128 e. The molecule has 0 N–H and O–H groups in total. The normalized spacial score (nSPS) is 18.3. The molecule has 0 saturated heterocycles. The van der Waals surface area contributed by atoms with Crippen molar-refractivity contribution in [3.63, 3.8) is 0 Å². The predicted octanol–water partition coefficient (Wildman–Crippen LogP) is 2.15. The average molecular weight is 198 g/mol. The van der Waals surface area contributed by atoms with Crippen LogP contribution in [0.1, 0.15) is 17.2 Å². The van der Waals surface area contributed by atoms with Crippen LogP contribution in [-0.2, 0) is 6.42 Å². The van der Waals surface area contributed by atoms with Gasteiger partial charge in [0.25, 0.3) is 0 Å². The Kier molecular flexibility index (Phi) is 1.88. The molecule has 0 saturated carbocycles. The van der Waals surface area contributed by atoms with Crippen LogP contribution in [0.15, 0.2) is 43.0 Å². The molecule has 0 bridgehead atoms. The summed E-state index contributed by atoms with van der Waals surface area (Å²) in [5.74, 6) is 0.951. The number of ether oxygens (including phenoxy) is 1. The van der Waals surface area contributed by atoms with Crippen molar-refractivity contribution >= 4 is 0 Å². The van der Waals surface area contributed by atoms with Gasteiger partial charge in [-0.3, -0.25) is 9.97 Å². The number of hydrogen-bond donors (Lipinski definition) is 0. The summed E-state index contributed by atoms with van der Waals surface area (Å²) >= 11 is 0. The Morgan fingerprint density at radius 1 is 1.07 bits per heavy atom. The van der Waals surface area contributed by atoms with E-state index in [9.17, 15) is 0 Å². The van der Waals surface area contributed by atoms with Gasteiger partial charge < -0.3 is 4.74 Å². The molecule has 0 spiro atoms. The van der Waals surface area contributed by atoms with E-state index in [0.717, 1.165) is 12.2 Å². The molecular weight excluding hydrogens is 188 g/mol. The lowest BCUT2D eigenvalue weighted by Gasteiger charge is -2.09. The van der Waals surface area contributed by atoms with Crippen LogP contribution < -0.4 is 4.74 Å². The molecule has 0 aromatic carbocycles. The Morgan fingerprint density at radius 2 is 1.87 bits per heavy atom. The minimum Gasteiger partial charge on any atom is -0.485 e. The Morgan fingerprint density at radius 3 is 2.67 bits per heavy atom. The van der Waals surface area contributed by atoms with Crippen LogP contribution in [0.5, 0.6) is 5.75 Å². The summed E-state index contributed by atoms with van der Waals surface area (Å²) in [6.45, 7) is 0. The maximum absolute atomic E-state index is 5.83. The van der Waals surface area contributed by atoms with Crippen molar-refractivity contribution in [1.29, 1.82) is 0 Å². The first kappa shape index (κ1) is 8.41. The molecule has 0 amide bonds. The second-order valence-electron chi connectivity index (χ2n) is 3.57. The number of aromatic nitrogens is 2. The highest BCUT2D eigenvalue weighted by atomic mass is 16.5. The van der Waals surface area contributed by atoms with Gasteiger partial charge in [-0.25, -0.2) is 0 Å². The lowest BCUT2D eigenvalue weighted by molar-refractivity contribution is 0.238. The molecule has 3 heteroatoms. The number of rotatable bonds is 1. The van der Waals surface area contributed by atoms with Crippen molar-refractivity contribution in [3.8, 4) is 5.75 Å². The highest BCUT2D eigenvalue weighted by molar-refractivity contribution is 5.36. The zero-order chi connectivity index (χ0) is 10.1. The predicted molar refractivity (Wildman–Crippen MR) is 55.5 cm³/mol. The topological polar surface area (TPSA) is 35.0 Å². The lowest BCUT2D eigenvalue weighted by Crippen LogP contribution is -2.02. The summed E-state index contributed by atoms with van der Waals surface area (Å²) < 4.78 is 5.83. The summed E-state index contributed by atoms with van der Waals surface area (Å²) in [6, 6.07) is 5.89. The van der Waals surface area contributed by atoms with Gasteiger partial charge in [-0.1, -0.05) is 0 Å². The van der Waals surface area contributed by atoms with Crippen LogP contribution >= 0.6 is 0 Å². The summed E-state index contributed by atoms with van der Waals surface area (Å²) in [4.78, 5) is 8.09. The quantitative estimate of drug-likeness (QED) is 0.704. The first-order valence-corrected chi connectivity index (χ1v) is 4.93. The van der Waals surface area contributed by atoms with Gasteiger partial charge in [0.05, 0.1) is 0 Å². The highest BCUT2D eigenvalue weighted by Gasteiger charge is 2.23. The zero-order valence-corrected chi connectivity index (χ0v) is 8.13. The number of fused-ring (bicyclic) bond motifs is 1. The Labute approximate surface area is 87.8 Å². The summed E-state index contributed by atoms with van der Waals surface area (Å²) in [7, 11) is 0. The van der Waals surface area contributed by atoms with Gasteiger partial charge in [0.2, 0.25) is 0 Å². The molecule has 1 unspecified atom stereocenters. The van der Waals surface area contributed by atoms with Gasteiger partial charge in [-0.05, 0) is 23.8 Å². The van der Waals surface area contributed by atoms with Crippen LogP contribution in [0.2, 0.25) is 0 Å². The molecule has 74 valence electrons. The second-order valence-corrected chi connectivity index (χ2v) is 3.57. The van der Waals surface area contributed by atoms with E-state index in [1.54, 1.807) is 18.6 Å². The largest absolute Gasteiger partial charge is 0.485 e. The fraction of sp³-hybridized carbons (Fsp3) is 0.167.